The predicted molar refractivity (Wildman–Crippen MR) is 104 cm³/mol. The number of methoxy groups -OCH3 is 2. The van der Waals surface area contributed by atoms with Crippen LogP contribution in [0.5, 0.6) is 17.2 Å². The van der Waals surface area contributed by atoms with Crippen LogP contribution in [0.25, 0.3) is 6.08 Å². The van der Waals surface area contributed by atoms with Crippen LogP contribution in [0.3, 0.4) is 0 Å². The number of nitrogens with one attached hydrogen (secondary N) is 1. The molecule has 0 aromatic heterocycles. The monoisotopic (exact) mass is 424 g/mol. The highest BCUT2D eigenvalue weighted by Gasteiger charge is 2.33. The lowest BCUT2D eigenvalue weighted by Gasteiger charge is -2.15. The van der Waals surface area contributed by atoms with Crippen molar-refractivity contribution in [2.75, 3.05) is 19.1 Å². The van der Waals surface area contributed by atoms with Crippen LogP contribution in [-0.4, -0.2) is 31.6 Å². The fourth-order valence-electron chi connectivity index (χ4n) is 2.66. The standard InChI is InChI=1S/C19H15F3N2O4S/c1-26-14-6-3-11(16(10-14)27-2)9-15-17(25)24(18(29)23-15)12-4-7-13(8-5-12)28-19(20,21)22/h3-10H,1-2H3,(H,23,29)/b15-9-. The van der Waals surface area contributed by atoms with Crippen molar-refractivity contribution in [2.45, 2.75) is 6.36 Å². The number of amides is 1. The van der Waals surface area contributed by atoms with Gasteiger partial charge in [0.05, 0.1) is 19.9 Å². The maximum Gasteiger partial charge on any atom is 0.573 e. The minimum absolute atomic E-state index is 0.0956. The van der Waals surface area contributed by atoms with Crippen molar-refractivity contribution >= 4 is 35.0 Å². The molecule has 10 heteroatoms. The first-order chi connectivity index (χ1) is 13.7. The Balaban J connectivity index is 1.86. The van der Waals surface area contributed by atoms with Crippen LogP contribution in [0.2, 0.25) is 0 Å². The first-order valence-corrected chi connectivity index (χ1v) is 8.57. The Kier molecular flexibility index (Phi) is 5.64. The van der Waals surface area contributed by atoms with Gasteiger partial charge in [-0.3, -0.25) is 9.69 Å². The average Bonchev–Trinajstić information content (AvgIpc) is 2.95. The van der Waals surface area contributed by atoms with Crippen LogP contribution >= 0.6 is 12.2 Å². The zero-order valence-electron chi connectivity index (χ0n) is 15.2. The molecular weight excluding hydrogens is 409 g/mol. The summed E-state index contributed by atoms with van der Waals surface area (Å²) in [5.74, 6) is 0.223. The highest BCUT2D eigenvalue weighted by Crippen LogP contribution is 2.30. The number of carbonyl (C=O) groups is 1. The van der Waals surface area contributed by atoms with E-state index < -0.39 is 18.0 Å². The Bertz CT molecular complexity index is 974. The molecule has 0 spiro atoms. The van der Waals surface area contributed by atoms with E-state index in [-0.39, 0.29) is 10.8 Å². The fourth-order valence-corrected chi connectivity index (χ4v) is 2.96. The summed E-state index contributed by atoms with van der Waals surface area (Å²) < 4.78 is 51.2. The highest BCUT2D eigenvalue weighted by atomic mass is 32.1. The Morgan fingerprint density at radius 3 is 2.28 bits per heavy atom. The van der Waals surface area contributed by atoms with E-state index in [0.29, 0.717) is 22.7 Å². The number of hydrogen-bond donors (Lipinski definition) is 1. The van der Waals surface area contributed by atoms with Crippen molar-refractivity contribution in [3.8, 4) is 17.2 Å². The van der Waals surface area contributed by atoms with Gasteiger partial charge in [-0.15, -0.1) is 13.2 Å². The summed E-state index contributed by atoms with van der Waals surface area (Å²) in [5, 5.41) is 2.90. The van der Waals surface area contributed by atoms with Gasteiger partial charge in [0.15, 0.2) is 5.11 Å². The van der Waals surface area contributed by atoms with E-state index in [2.05, 4.69) is 10.1 Å². The number of thiocarbonyl (C=S) groups is 1. The van der Waals surface area contributed by atoms with Gasteiger partial charge in [-0.2, -0.15) is 0 Å². The number of nitrogens with zero attached hydrogens (tertiary/aromatic N) is 1. The Morgan fingerprint density at radius 2 is 1.69 bits per heavy atom. The molecule has 1 aliphatic rings. The molecule has 1 N–H and O–H groups in total. The summed E-state index contributed by atoms with van der Waals surface area (Å²) in [6.07, 6.45) is -3.23. The molecule has 0 saturated carbocycles. The van der Waals surface area contributed by atoms with E-state index in [1.807, 2.05) is 0 Å². The number of anilines is 1. The van der Waals surface area contributed by atoms with E-state index in [0.717, 1.165) is 12.1 Å². The summed E-state index contributed by atoms with van der Waals surface area (Å²) in [5.41, 5.74) is 1.10. The zero-order valence-corrected chi connectivity index (χ0v) is 16.1. The number of hydrogen-bond acceptors (Lipinski definition) is 5. The molecule has 1 heterocycles. The van der Waals surface area contributed by atoms with E-state index in [1.54, 1.807) is 24.3 Å². The summed E-state index contributed by atoms with van der Waals surface area (Å²) in [7, 11) is 3.01. The molecule has 0 radical (unpaired) electrons. The van der Waals surface area contributed by atoms with Crippen molar-refractivity contribution in [3.63, 3.8) is 0 Å². The average molecular weight is 424 g/mol. The first-order valence-electron chi connectivity index (χ1n) is 8.17. The van der Waals surface area contributed by atoms with Gasteiger partial charge in [0.2, 0.25) is 0 Å². The first kappa shape index (κ1) is 20.5. The maximum absolute atomic E-state index is 12.8. The minimum atomic E-state index is -4.80. The third-order valence-electron chi connectivity index (χ3n) is 3.95. The summed E-state index contributed by atoms with van der Waals surface area (Å²) in [6, 6.07) is 9.92. The number of carbonyl (C=O) groups excluding carboxylic acids is 1. The predicted octanol–water partition coefficient (Wildman–Crippen LogP) is 3.86. The topological polar surface area (TPSA) is 60.0 Å². The zero-order chi connectivity index (χ0) is 21.2. The van der Waals surface area contributed by atoms with E-state index in [9.17, 15) is 18.0 Å². The Labute approximate surface area is 169 Å². The van der Waals surface area contributed by atoms with Crippen molar-refractivity contribution in [1.29, 1.82) is 0 Å². The fraction of sp³-hybridized carbons (Fsp3) is 0.158. The number of rotatable bonds is 5. The Hall–Kier alpha value is -3.27. The molecule has 0 unspecified atom stereocenters. The van der Waals surface area contributed by atoms with Gasteiger partial charge in [0.25, 0.3) is 5.91 Å². The van der Waals surface area contributed by atoms with Gasteiger partial charge < -0.3 is 19.5 Å². The Morgan fingerprint density at radius 1 is 1.03 bits per heavy atom. The van der Waals surface area contributed by atoms with Gasteiger partial charge >= 0.3 is 6.36 Å². The molecule has 1 saturated heterocycles. The van der Waals surface area contributed by atoms with Gasteiger partial charge in [0, 0.05) is 11.6 Å². The van der Waals surface area contributed by atoms with Crippen LogP contribution in [-0.2, 0) is 4.79 Å². The molecule has 3 rings (SSSR count). The molecule has 0 atom stereocenters. The van der Waals surface area contributed by atoms with E-state index >= 15 is 0 Å². The second kappa shape index (κ2) is 8.00. The maximum atomic E-state index is 12.8. The molecule has 152 valence electrons. The van der Waals surface area contributed by atoms with Crippen molar-refractivity contribution < 1.29 is 32.2 Å². The van der Waals surface area contributed by atoms with Crippen LogP contribution < -0.4 is 24.4 Å². The second-order valence-corrected chi connectivity index (χ2v) is 6.17. The molecule has 6 nitrogen and oxygen atoms in total. The molecule has 2 aromatic rings. The quantitative estimate of drug-likeness (QED) is 0.581. The summed E-state index contributed by atoms with van der Waals surface area (Å²) in [6.45, 7) is 0. The number of benzene rings is 2. The summed E-state index contributed by atoms with van der Waals surface area (Å²) >= 11 is 5.20. The molecule has 29 heavy (non-hydrogen) atoms. The van der Waals surface area contributed by atoms with Gasteiger partial charge in [-0.05, 0) is 54.7 Å². The lowest BCUT2D eigenvalue weighted by atomic mass is 10.1. The van der Waals surface area contributed by atoms with Crippen LogP contribution in [0.15, 0.2) is 48.2 Å². The van der Waals surface area contributed by atoms with Crippen molar-refractivity contribution in [3.05, 3.63) is 53.7 Å². The van der Waals surface area contributed by atoms with E-state index in [1.165, 1.54) is 31.3 Å². The molecule has 0 bridgehead atoms. The van der Waals surface area contributed by atoms with Gasteiger partial charge in [-0.25, -0.2) is 0 Å². The number of ether oxygens (including phenoxy) is 3. The molecule has 1 aliphatic heterocycles. The lowest BCUT2D eigenvalue weighted by Crippen LogP contribution is -2.30. The highest BCUT2D eigenvalue weighted by molar-refractivity contribution is 7.80. The SMILES string of the molecule is COc1ccc(/C=C2\NC(=S)N(c3ccc(OC(F)(F)F)cc3)C2=O)c(OC)c1. The molecule has 0 aliphatic carbocycles. The van der Waals surface area contributed by atoms with Crippen molar-refractivity contribution in [2.24, 2.45) is 0 Å². The lowest BCUT2D eigenvalue weighted by molar-refractivity contribution is -0.274. The number of alkyl halides is 3. The summed E-state index contributed by atoms with van der Waals surface area (Å²) in [4.78, 5) is 14.0. The minimum Gasteiger partial charge on any atom is -0.497 e. The molecule has 2 aromatic carbocycles. The second-order valence-electron chi connectivity index (χ2n) is 5.78. The van der Waals surface area contributed by atoms with Gasteiger partial charge in [-0.1, -0.05) is 0 Å². The normalized spacial score (nSPS) is 15.5. The molecular formula is C19H15F3N2O4S. The molecule has 1 amide bonds. The van der Waals surface area contributed by atoms with Crippen LogP contribution in [0.4, 0.5) is 18.9 Å². The van der Waals surface area contributed by atoms with Crippen molar-refractivity contribution in [1.82, 2.24) is 5.32 Å². The van der Waals surface area contributed by atoms with E-state index in [4.69, 9.17) is 21.7 Å². The molecule has 1 fully saturated rings. The smallest absolute Gasteiger partial charge is 0.497 e. The van der Waals surface area contributed by atoms with Crippen LogP contribution in [0.1, 0.15) is 5.56 Å². The largest absolute Gasteiger partial charge is 0.573 e. The van der Waals surface area contributed by atoms with Crippen LogP contribution in [0, 0.1) is 0 Å². The van der Waals surface area contributed by atoms with Gasteiger partial charge in [0.1, 0.15) is 22.9 Å². The third kappa shape index (κ3) is 4.60. The third-order valence-corrected chi connectivity index (χ3v) is 4.23. The number of halogens is 3.